The Morgan fingerprint density at radius 3 is 2.43 bits per heavy atom. The molecule has 0 bridgehead atoms. The molecule has 0 fully saturated rings. The molecule has 0 aromatic heterocycles. The maximum atomic E-state index is 11.6. The molecule has 0 amide bonds. The molecule has 0 spiro atoms. The lowest BCUT2D eigenvalue weighted by molar-refractivity contribution is -0.130. The van der Waals surface area contributed by atoms with Crippen LogP contribution in [-0.2, 0) is 4.79 Å². The van der Waals surface area contributed by atoms with Crippen LogP contribution in [0.1, 0.15) is 31.1 Å². The van der Waals surface area contributed by atoms with Crippen LogP contribution in [0.15, 0.2) is 72.8 Å². The SMILES string of the molecule is C=C(C)COc1ccc2c(c1)C(O)C=C(c1ccc(OC(=O)C(=C)C)cc1)O2. The molecule has 0 saturated heterocycles. The van der Waals surface area contributed by atoms with Crippen molar-refractivity contribution in [1.29, 1.82) is 0 Å². The zero-order chi connectivity index (χ0) is 20.3. The Kier molecular flexibility index (Phi) is 5.66. The third-order valence-electron chi connectivity index (χ3n) is 4.01. The second-order valence-electron chi connectivity index (χ2n) is 6.72. The lowest BCUT2D eigenvalue weighted by Gasteiger charge is -2.23. The van der Waals surface area contributed by atoms with Crippen molar-refractivity contribution in [3.63, 3.8) is 0 Å². The maximum Gasteiger partial charge on any atom is 0.338 e. The molecule has 1 aliphatic rings. The summed E-state index contributed by atoms with van der Waals surface area (Å²) in [7, 11) is 0. The van der Waals surface area contributed by atoms with Crippen molar-refractivity contribution < 1.29 is 24.1 Å². The summed E-state index contributed by atoms with van der Waals surface area (Å²) in [5.74, 6) is 1.66. The van der Waals surface area contributed by atoms with Crippen molar-refractivity contribution >= 4 is 11.7 Å². The van der Waals surface area contributed by atoms with E-state index in [1.165, 1.54) is 0 Å². The molecule has 0 radical (unpaired) electrons. The Labute approximate surface area is 164 Å². The third kappa shape index (κ3) is 4.50. The van der Waals surface area contributed by atoms with E-state index in [1.54, 1.807) is 55.5 Å². The minimum atomic E-state index is -0.826. The number of esters is 1. The van der Waals surface area contributed by atoms with Crippen molar-refractivity contribution in [1.82, 2.24) is 0 Å². The first-order chi connectivity index (χ1) is 13.3. The fourth-order valence-electron chi connectivity index (χ4n) is 2.57. The number of hydrogen-bond donors (Lipinski definition) is 1. The first kappa shape index (κ1) is 19.5. The molecule has 144 valence electrons. The van der Waals surface area contributed by atoms with Crippen molar-refractivity contribution in [2.24, 2.45) is 0 Å². The Balaban J connectivity index is 1.76. The molecule has 28 heavy (non-hydrogen) atoms. The van der Waals surface area contributed by atoms with Gasteiger partial charge in [-0.15, -0.1) is 0 Å². The number of aliphatic hydroxyl groups excluding tert-OH is 1. The van der Waals surface area contributed by atoms with Crippen LogP contribution < -0.4 is 14.2 Å². The van der Waals surface area contributed by atoms with Crippen molar-refractivity contribution in [2.45, 2.75) is 20.0 Å². The van der Waals surface area contributed by atoms with Crippen LogP contribution in [0, 0.1) is 0 Å². The fraction of sp³-hybridized carbons (Fsp3) is 0.174. The van der Waals surface area contributed by atoms with Crippen LogP contribution in [-0.4, -0.2) is 17.7 Å². The molecule has 5 heteroatoms. The zero-order valence-electron chi connectivity index (χ0n) is 15.9. The van der Waals surface area contributed by atoms with Crippen molar-refractivity contribution in [3.8, 4) is 17.2 Å². The minimum absolute atomic E-state index is 0.328. The quantitative estimate of drug-likeness (QED) is 0.345. The fourth-order valence-corrected chi connectivity index (χ4v) is 2.57. The van der Waals surface area contributed by atoms with Crippen LogP contribution in [0.5, 0.6) is 17.2 Å². The number of carbonyl (C=O) groups excluding carboxylic acids is 1. The summed E-state index contributed by atoms with van der Waals surface area (Å²) in [4.78, 5) is 11.6. The summed E-state index contributed by atoms with van der Waals surface area (Å²) >= 11 is 0. The largest absolute Gasteiger partial charge is 0.489 e. The second-order valence-corrected chi connectivity index (χ2v) is 6.72. The van der Waals surface area contributed by atoms with Crippen molar-refractivity contribution in [3.05, 3.63) is 84.0 Å². The molecular weight excluding hydrogens is 356 g/mol. The number of fused-ring (bicyclic) bond motifs is 1. The maximum absolute atomic E-state index is 11.6. The highest BCUT2D eigenvalue weighted by molar-refractivity contribution is 5.88. The van der Waals surface area contributed by atoms with Gasteiger partial charge in [0.25, 0.3) is 0 Å². The van der Waals surface area contributed by atoms with E-state index in [0.29, 0.717) is 40.8 Å². The predicted molar refractivity (Wildman–Crippen MR) is 107 cm³/mol. The number of rotatable bonds is 6. The summed E-state index contributed by atoms with van der Waals surface area (Å²) in [6.45, 7) is 11.2. The van der Waals surface area contributed by atoms with E-state index >= 15 is 0 Å². The van der Waals surface area contributed by atoms with Gasteiger partial charge in [0.1, 0.15) is 35.7 Å². The standard InChI is InChI=1S/C23H22O5/c1-14(2)13-26-18-9-10-21-19(11-18)20(24)12-22(28-21)16-5-7-17(8-6-16)27-23(25)15(3)4/h5-12,20,24H,1,3,13H2,2,4H3. The molecule has 1 aliphatic heterocycles. The lowest BCUT2D eigenvalue weighted by Crippen LogP contribution is -2.10. The average Bonchev–Trinajstić information content (AvgIpc) is 2.67. The highest BCUT2D eigenvalue weighted by Gasteiger charge is 2.22. The topological polar surface area (TPSA) is 65.0 Å². The molecule has 1 N–H and O–H groups in total. The Morgan fingerprint density at radius 1 is 1.11 bits per heavy atom. The molecule has 3 rings (SSSR count). The van der Waals surface area contributed by atoms with Gasteiger partial charge in [0.05, 0.1) is 0 Å². The van der Waals surface area contributed by atoms with Crippen LogP contribution in [0.4, 0.5) is 0 Å². The predicted octanol–water partition coefficient (Wildman–Crippen LogP) is 4.59. The van der Waals surface area contributed by atoms with E-state index in [9.17, 15) is 9.90 Å². The Bertz CT molecular complexity index is 953. The molecule has 5 nitrogen and oxygen atoms in total. The van der Waals surface area contributed by atoms with Crippen molar-refractivity contribution in [2.75, 3.05) is 6.61 Å². The second kappa shape index (κ2) is 8.15. The summed E-state index contributed by atoms with van der Waals surface area (Å²) in [5, 5.41) is 10.5. The zero-order valence-corrected chi connectivity index (χ0v) is 15.9. The highest BCUT2D eigenvalue weighted by Crippen LogP contribution is 2.38. The van der Waals surface area contributed by atoms with E-state index in [1.807, 2.05) is 6.92 Å². The van der Waals surface area contributed by atoms with Gasteiger partial charge in [-0.2, -0.15) is 0 Å². The first-order valence-corrected chi connectivity index (χ1v) is 8.80. The van der Waals surface area contributed by atoms with Crippen LogP contribution in [0.25, 0.3) is 5.76 Å². The van der Waals surface area contributed by atoms with E-state index in [4.69, 9.17) is 14.2 Å². The lowest BCUT2D eigenvalue weighted by atomic mass is 10.0. The van der Waals surface area contributed by atoms with Gasteiger partial charge in [-0.3, -0.25) is 0 Å². The van der Waals surface area contributed by atoms with Crippen LogP contribution >= 0.6 is 0 Å². The smallest absolute Gasteiger partial charge is 0.338 e. The normalized spacial score (nSPS) is 15.0. The van der Waals surface area contributed by atoms with Gasteiger partial charge in [0.15, 0.2) is 0 Å². The number of hydrogen-bond acceptors (Lipinski definition) is 5. The number of ether oxygens (including phenoxy) is 3. The number of aliphatic hydroxyl groups is 1. The summed E-state index contributed by atoms with van der Waals surface area (Å²) in [5.41, 5.74) is 2.63. The van der Waals surface area contributed by atoms with E-state index in [2.05, 4.69) is 13.2 Å². The van der Waals surface area contributed by atoms with Crippen LogP contribution in [0.3, 0.4) is 0 Å². The van der Waals surface area contributed by atoms with Gasteiger partial charge in [-0.25, -0.2) is 4.79 Å². The molecule has 2 aromatic carbocycles. The minimum Gasteiger partial charge on any atom is -0.489 e. The molecule has 1 atom stereocenters. The molecule has 1 heterocycles. The van der Waals surface area contributed by atoms with Crippen LogP contribution in [0.2, 0.25) is 0 Å². The molecule has 1 unspecified atom stereocenters. The highest BCUT2D eigenvalue weighted by atomic mass is 16.5. The van der Waals surface area contributed by atoms with E-state index in [0.717, 1.165) is 11.1 Å². The number of benzene rings is 2. The van der Waals surface area contributed by atoms with Gasteiger partial charge in [-0.1, -0.05) is 13.2 Å². The molecule has 0 aliphatic carbocycles. The van der Waals surface area contributed by atoms with E-state index in [-0.39, 0.29) is 0 Å². The molecule has 2 aromatic rings. The average molecular weight is 378 g/mol. The van der Waals surface area contributed by atoms with E-state index < -0.39 is 12.1 Å². The molecule has 0 saturated carbocycles. The summed E-state index contributed by atoms with van der Waals surface area (Å²) < 4.78 is 16.7. The number of carbonyl (C=O) groups is 1. The van der Waals surface area contributed by atoms with Gasteiger partial charge in [0.2, 0.25) is 0 Å². The summed E-state index contributed by atoms with van der Waals surface area (Å²) in [6.07, 6.45) is 0.799. The summed E-state index contributed by atoms with van der Waals surface area (Å²) in [6, 6.07) is 12.2. The first-order valence-electron chi connectivity index (χ1n) is 8.80. The van der Waals surface area contributed by atoms with Gasteiger partial charge in [0, 0.05) is 16.7 Å². The van der Waals surface area contributed by atoms with Gasteiger partial charge < -0.3 is 19.3 Å². The van der Waals surface area contributed by atoms with Gasteiger partial charge in [-0.05, 0) is 68.0 Å². The molecular formula is C23H22O5. The Hall–Kier alpha value is -3.31. The third-order valence-corrected chi connectivity index (χ3v) is 4.01. The Morgan fingerprint density at radius 2 is 1.79 bits per heavy atom. The van der Waals surface area contributed by atoms with Gasteiger partial charge >= 0.3 is 5.97 Å². The monoisotopic (exact) mass is 378 g/mol.